The van der Waals surface area contributed by atoms with Crippen molar-refractivity contribution in [2.24, 2.45) is 11.7 Å². The van der Waals surface area contributed by atoms with Crippen LogP contribution in [0.15, 0.2) is 34.9 Å². The molecule has 2 atom stereocenters. The van der Waals surface area contributed by atoms with Gasteiger partial charge in [-0.1, -0.05) is 16.8 Å². The van der Waals surface area contributed by atoms with Crippen LogP contribution in [0.2, 0.25) is 5.02 Å². The molecule has 1 fully saturated rings. The maximum Gasteiger partial charge on any atom is 0.276 e. The second kappa shape index (κ2) is 8.01. The number of amides is 1. The molecular weight excluding hydrogens is 349 g/mol. The largest absolute Gasteiger partial charge is 0.355 e. The Bertz CT molecular complexity index is 685. The fraction of sp³-hybridized carbons (Fsp3) is 0.412. The molecule has 0 spiro atoms. The molecule has 0 aliphatic carbocycles. The van der Waals surface area contributed by atoms with Crippen LogP contribution in [0.25, 0.3) is 11.3 Å². The highest BCUT2D eigenvalue weighted by atomic mass is 35.5. The minimum Gasteiger partial charge on any atom is -0.355 e. The van der Waals surface area contributed by atoms with Gasteiger partial charge in [0.25, 0.3) is 5.91 Å². The number of benzene rings is 1. The lowest BCUT2D eigenvalue weighted by molar-refractivity contribution is 0.0650. The van der Waals surface area contributed by atoms with Crippen LogP contribution < -0.4 is 5.73 Å². The Labute approximate surface area is 152 Å². The van der Waals surface area contributed by atoms with E-state index in [1.54, 1.807) is 18.2 Å². The summed E-state index contributed by atoms with van der Waals surface area (Å²) in [7, 11) is 0. The van der Waals surface area contributed by atoms with E-state index < -0.39 is 0 Å². The lowest BCUT2D eigenvalue weighted by Crippen LogP contribution is -2.45. The quantitative estimate of drug-likeness (QED) is 0.896. The number of nitrogens with two attached hydrogens (primary N) is 1. The van der Waals surface area contributed by atoms with E-state index in [-0.39, 0.29) is 24.4 Å². The second-order valence-corrected chi connectivity index (χ2v) is 6.53. The summed E-state index contributed by atoms with van der Waals surface area (Å²) in [5, 5.41) is 4.58. The molecule has 1 aromatic carbocycles. The van der Waals surface area contributed by atoms with Crippen molar-refractivity contribution >= 4 is 29.9 Å². The van der Waals surface area contributed by atoms with E-state index in [1.165, 1.54) is 0 Å². The number of rotatable bonds is 3. The number of carbonyl (C=O) groups is 1. The van der Waals surface area contributed by atoms with Gasteiger partial charge in [0.15, 0.2) is 11.5 Å². The fourth-order valence-electron chi connectivity index (χ4n) is 2.91. The predicted octanol–water partition coefficient (Wildman–Crippen LogP) is 3.62. The first-order valence-corrected chi connectivity index (χ1v) is 8.20. The fourth-order valence-corrected chi connectivity index (χ4v) is 3.04. The molecule has 2 aromatic rings. The van der Waals surface area contributed by atoms with Gasteiger partial charge >= 0.3 is 0 Å². The van der Waals surface area contributed by atoms with E-state index in [4.69, 9.17) is 21.9 Å². The number of likely N-dealkylation sites (tertiary alicyclic amines) is 1. The molecule has 0 radical (unpaired) electrons. The molecule has 1 aliphatic rings. The van der Waals surface area contributed by atoms with Gasteiger partial charge in [0.2, 0.25) is 0 Å². The first kappa shape index (κ1) is 18.8. The molecule has 0 bridgehead atoms. The minimum atomic E-state index is -0.0979. The predicted molar refractivity (Wildman–Crippen MR) is 96.5 cm³/mol. The first-order valence-electron chi connectivity index (χ1n) is 7.82. The number of halogens is 2. The van der Waals surface area contributed by atoms with Crippen LogP contribution in [0, 0.1) is 5.92 Å². The summed E-state index contributed by atoms with van der Waals surface area (Å²) in [5.74, 6) is 0.806. The Morgan fingerprint density at radius 2 is 2.12 bits per heavy atom. The molecule has 3 rings (SSSR count). The highest BCUT2D eigenvalue weighted by Crippen LogP contribution is 2.24. The molecule has 1 saturated heterocycles. The summed E-state index contributed by atoms with van der Waals surface area (Å²) in [4.78, 5) is 14.4. The maximum absolute atomic E-state index is 12.6. The third-order valence-corrected chi connectivity index (χ3v) is 4.60. The Kier molecular flexibility index (Phi) is 6.27. The zero-order valence-corrected chi connectivity index (χ0v) is 15.0. The van der Waals surface area contributed by atoms with Gasteiger partial charge in [-0.3, -0.25) is 4.79 Å². The molecule has 2 N–H and O–H groups in total. The molecule has 2 heterocycles. The summed E-state index contributed by atoms with van der Waals surface area (Å²) >= 11 is 5.88. The number of aromatic nitrogens is 1. The zero-order valence-electron chi connectivity index (χ0n) is 13.4. The van der Waals surface area contributed by atoms with E-state index in [2.05, 4.69) is 5.16 Å². The van der Waals surface area contributed by atoms with Gasteiger partial charge < -0.3 is 15.2 Å². The highest BCUT2D eigenvalue weighted by molar-refractivity contribution is 6.30. The smallest absolute Gasteiger partial charge is 0.276 e. The number of hydrogen-bond acceptors (Lipinski definition) is 4. The van der Waals surface area contributed by atoms with Crippen molar-refractivity contribution in [2.45, 2.75) is 25.8 Å². The molecule has 7 heteroatoms. The normalized spacial score (nSPS) is 18.8. The SMILES string of the molecule is CC(N)C1CCCN(C(=O)c2cc(-c3ccc(Cl)cc3)on2)C1.Cl. The van der Waals surface area contributed by atoms with Crippen molar-refractivity contribution in [2.75, 3.05) is 13.1 Å². The van der Waals surface area contributed by atoms with Gasteiger partial charge in [0.1, 0.15) is 0 Å². The van der Waals surface area contributed by atoms with Crippen molar-refractivity contribution in [3.05, 3.63) is 41.0 Å². The van der Waals surface area contributed by atoms with Crippen LogP contribution in [0.4, 0.5) is 0 Å². The van der Waals surface area contributed by atoms with E-state index in [9.17, 15) is 4.79 Å². The van der Waals surface area contributed by atoms with Crippen LogP contribution in [-0.2, 0) is 0 Å². The molecule has 0 saturated carbocycles. The third-order valence-electron chi connectivity index (χ3n) is 4.35. The van der Waals surface area contributed by atoms with Gasteiger partial charge in [-0.25, -0.2) is 0 Å². The van der Waals surface area contributed by atoms with Crippen LogP contribution in [0.5, 0.6) is 0 Å². The molecule has 5 nitrogen and oxygen atoms in total. The zero-order chi connectivity index (χ0) is 16.4. The molecule has 2 unspecified atom stereocenters. The third kappa shape index (κ3) is 4.09. The lowest BCUT2D eigenvalue weighted by atomic mass is 9.92. The molecule has 1 amide bonds. The van der Waals surface area contributed by atoms with Gasteiger partial charge in [-0.2, -0.15) is 0 Å². The summed E-state index contributed by atoms with van der Waals surface area (Å²) in [5.41, 5.74) is 7.15. The number of hydrogen-bond donors (Lipinski definition) is 1. The van der Waals surface area contributed by atoms with E-state index >= 15 is 0 Å². The Balaban J connectivity index is 0.00000208. The monoisotopic (exact) mass is 369 g/mol. The number of piperidine rings is 1. The van der Waals surface area contributed by atoms with Crippen molar-refractivity contribution in [3.63, 3.8) is 0 Å². The van der Waals surface area contributed by atoms with Gasteiger partial charge in [-0.15, -0.1) is 12.4 Å². The molecule has 130 valence electrons. The van der Waals surface area contributed by atoms with Gasteiger partial charge in [0, 0.05) is 35.8 Å². The van der Waals surface area contributed by atoms with Crippen LogP contribution in [-0.4, -0.2) is 35.1 Å². The van der Waals surface area contributed by atoms with Crippen molar-refractivity contribution < 1.29 is 9.32 Å². The second-order valence-electron chi connectivity index (χ2n) is 6.10. The molecule has 1 aromatic heterocycles. The standard InChI is InChI=1S/C17H20ClN3O2.ClH/c1-11(19)13-3-2-8-21(10-13)17(22)15-9-16(23-20-15)12-4-6-14(18)7-5-12;/h4-7,9,11,13H,2-3,8,10,19H2,1H3;1H. The summed E-state index contributed by atoms with van der Waals surface area (Å²) in [6, 6.07) is 9.00. The Hall–Kier alpha value is -1.56. The maximum atomic E-state index is 12.6. The Morgan fingerprint density at radius 3 is 2.79 bits per heavy atom. The first-order chi connectivity index (χ1) is 11.0. The summed E-state index contributed by atoms with van der Waals surface area (Å²) < 4.78 is 5.31. The average Bonchev–Trinajstić information content (AvgIpc) is 3.05. The topological polar surface area (TPSA) is 72.4 Å². The van der Waals surface area contributed by atoms with Crippen LogP contribution >= 0.6 is 24.0 Å². The number of carbonyl (C=O) groups excluding carboxylic acids is 1. The van der Waals surface area contributed by atoms with Crippen molar-refractivity contribution in [1.29, 1.82) is 0 Å². The Morgan fingerprint density at radius 1 is 1.42 bits per heavy atom. The van der Waals surface area contributed by atoms with Crippen molar-refractivity contribution in [3.8, 4) is 11.3 Å². The van der Waals surface area contributed by atoms with E-state index in [0.29, 0.717) is 28.9 Å². The van der Waals surface area contributed by atoms with Crippen LogP contribution in [0.3, 0.4) is 0 Å². The van der Waals surface area contributed by atoms with E-state index in [1.807, 2.05) is 24.0 Å². The summed E-state index contributed by atoms with van der Waals surface area (Å²) in [6.45, 7) is 3.41. The molecule has 24 heavy (non-hydrogen) atoms. The van der Waals surface area contributed by atoms with Gasteiger partial charge in [0.05, 0.1) is 0 Å². The van der Waals surface area contributed by atoms with E-state index in [0.717, 1.165) is 24.9 Å². The summed E-state index contributed by atoms with van der Waals surface area (Å²) in [6.07, 6.45) is 2.04. The number of nitrogens with zero attached hydrogens (tertiary/aromatic N) is 2. The molecule has 1 aliphatic heterocycles. The van der Waals surface area contributed by atoms with Crippen molar-refractivity contribution in [1.82, 2.24) is 10.1 Å². The highest BCUT2D eigenvalue weighted by Gasteiger charge is 2.28. The lowest BCUT2D eigenvalue weighted by Gasteiger charge is -2.34. The van der Waals surface area contributed by atoms with Crippen LogP contribution in [0.1, 0.15) is 30.3 Å². The molecular formula is C17H21Cl2N3O2. The average molecular weight is 370 g/mol. The minimum absolute atomic E-state index is 0. The van der Waals surface area contributed by atoms with Gasteiger partial charge in [-0.05, 0) is 49.9 Å².